The van der Waals surface area contributed by atoms with Crippen molar-refractivity contribution in [2.45, 2.75) is 25.8 Å². The fourth-order valence-corrected chi connectivity index (χ4v) is 1.33. The molecular weight excluding hydrogens is 246 g/mol. The summed E-state index contributed by atoms with van der Waals surface area (Å²) in [6.07, 6.45) is 0.267. The molecule has 0 aliphatic rings. The number of rotatable bonds is 4. The summed E-state index contributed by atoms with van der Waals surface area (Å²) in [5.41, 5.74) is -0.341. The van der Waals surface area contributed by atoms with Gasteiger partial charge in [-0.2, -0.15) is 5.26 Å². The van der Waals surface area contributed by atoms with Gasteiger partial charge in [0.15, 0.2) is 0 Å². The van der Waals surface area contributed by atoms with Gasteiger partial charge in [0, 0.05) is 5.69 Å². The highest BCUT2D eigenvalue weighted by molar-refractivity contribution is 5.93. The number of aliphatic carboxylic acids is 1. The SMILES string of the molecule is CCC(C)(NC(=O)Nc1ccc(C#N)cc1)C(=O)O. The van der Waals surface area contributed by atoms with E-state index in [2.05, 4.69) is 10.6 Å². The zero-order valence-corrected chi connectivity index (χ0v) is 10.7. The van der Waals surface area contributed by atoms with E-state index < -0.39 is 17.5 Å². The molecule has 0 saturated heterocycles. The van der Waals surface area contributed by atoms with Crippen LogP contribution in [0.3, 0.4) is 0 Å². The van der Waals surface area contributed by atoms with Crippen LogP contribution in [0.4, 0.5) is 10.5 Å². The van der Waals surface area contributed by atoms with Crippen LogP contribution in [0.25, 0.3) is 0 Å². The van der Waals surface area contributed by atoms with E-state index in [1.807, 2.05) is 6.07 Å². The summed E-state index contributed by atoms with van der Waals surface area (Å²) in [5.74, 6) is -1.09. The van der Waals surface area contributed by atoms with Crippen molar-refractivity contribution in [3.8, 4) is 6.07 Å². The third-order valence-electron chi connectivity index (χ3n) is 2.84. The molecule has 0 heterocycles. The van der Waals surface area contributed by atoms with Crippen molar-refractivity contribution >= 4 is 17.7 Å². The Bertz CT molecular complexity index is 519. The number of carbonyl (C=O) groups excluding carboxylic acids is 1. The molecule has 0 bridgehead atoms. The molecule has 2 amide bonds. The Labute approximate surface area is 111 Å². The molecule has 0 aromatic heterocycles. The fraction of sp³-hybridized carbons (Fsp3) is 0.308. The van der Waals surface area contributed by atoms with Crippen molar-refractivity contribution in [2.24, 2.45) is 0 Å². The number of nitriles is 1. The highest BCUT2D eigenvalue weighted by Crippen LogP contribution is 2.12. The van der Waals surface area contributed by atoms with Crippen LogP contribution in [0, 0.1) is 11.3 Å². The van der Waals surface area contributed by atoms with Crippen LogP contribution in [-0.4, -0.2) is 22.6 Å². The normalized spacial score (nSPS) is 12.9. The molecular formula is C13H15N3O3. The molecule has 1 atom stereocenters. The fourth-order valence-electron chi connectivity index (χ4n) is 1.33. The maximum atomic E-state index is 11.7. The largest absolute Gasteiger partial charge is 0.480 e. The third-order valence-corrected chi connectivity index (χ3v) is 2.84. The highest BCUT2D eigenvalue weighted by Gasteiger charge is 2.32. The second kappa shape index (κ2) is 5.87. The standard InChI is InChI=1S/C13H15N3O3/c1-3-13(2,11(17)18)16-12(19)15-10-6-4-9(8-14)5-7-10/h4-7H,3H2,1-2H3,(H,17,18)(H2,15,16,19). The molecule has 6 heteroatoms. The Morgan fingerprint density at radius 3 is 2.37 bits per heavy atom. The Hall–Kier alpha value is -2.55. The number of hydrogen-bond acceptors (Lipinski definition) is 3. The summed E-state index contributed by atoms with van der Waals surface area (Å²) >= 11 is 0. The summed E-state index contributed by atoms with van der Waals surface area (Å²) in [4.78, 5) is 22.7. The summed E-state index contributed by atoms with van der Waals surface area (Å²) in [7, 11) is 0. The maximum absolute atomic E-state index is 11.7. The van der Waals surface area contributed by atoms with Crippen molar-refractivity contribution in [1.29, 1.82) is 5.26 Å². The average molecular weight is 261 g/mol. The van der Waals surface area contributed by atoms with Crippen LogP contribution >= 0.6 is 0 Å². The molecule has 0 aliphatic heterocycles. The molecule has 6 nitrogen and oxygen atoms in total. The summed E-state index contributed by atoms with van der Waals surface area (Å²) < 4.78 is 0. The minimum atomic E-state index is -1.31. The molecule has 0 radical (unpaired) electrons. The van der Waals surface area contributed by atoms with Gasteiger partial charge >= 0.3 is 12.0 Å². The van der Waals surface area contributed by atoms with Gasteiger partial charge in [0.2, 0.25) is 0 Å². The van der Waals surface area contributed by atoms with E-state index in [1.165, 1.54) is 6.92 Å². The van der Waals surface area contributed by atoms with Crippen LogP contribution in [0.1, 0.15) is 25.8 Å². The van der Waals surface area contributed by atoms with Crippen LogP contribution in [0.15, 0.2) is 24.3 Å². The van der Waals surface area contributed by atoms with Crippen LogP contribution < -0.4 is 10.6 Å². The molecule has 0 aliphatic carbocycles. The topological polar surface area (TPSA) is 102 Å². The predicted molar refractivity (Wildman–Crippen MR) is 69.6 cm³/mol. The number of benzene rings is 1. The lowest BCUT2D eigenvalue weighted by Gasteiger charge is -2.24. The smallest absolute Gasteiger partial charge is 0.329 e. The molecule has 19 heavy (non-hydrogen) atoms. The molecule has 1 rings (SSSR count). The van der Waals surface area contributed by atoms with Gasteiger partial charge in [-0.3, -0.25) is 0 Å². The number of amides is 2. The van der Waals surface area contributed by atoms with Gasteiger partial charge in [0.25, 0.3) is 0 Å². The summed E-state index contributed by atoms with van der Waals surface area (Å²) in [6.45, 7) is 3.11. The van der Waals surface area contributed by atoms with E-state index in [9.17, 15) is 9.59 Å². The van der Waals surface area contributed by atoms with Gasteiger partial charge in [-0.25, -0.2) is 9.59 Å². The minimum absolute atomic E-state index is 0.267. The van der Waals surface area contributed by atoms with E-state index in [1.54, 1.807) is 31.2 Å². The van der Waals surface area contributed by atoms with E-state index in [-0.39, 0.29) is 6.42 Å². The first-order valence-electron chi connectivity index (χ1n) is 5.74. The predicted octanol–water partition coefficient (Wildman–Crippen LogP) is 1.93. The number of urea groups is 1. The van der Waals surface area contributed by atoms with Gasteiger partial charge < -0.3 is 15.7 Å². The molecule has 1 aromatic carbocycles. The van der Waals surface area contributed by atoms with Gasteiger partial charge in [0.1, 0.15) is 5.54 Å². The van der Waals surface area contributed by atoms with E-state index in [0.717, 1.165) is 0 Å². The molecule has 1 aromatic rings. The number of hydrogen-bond donors (Lipinski definition) is 3. The number of carbonyl (C=O) groups is 2. The van der Waals surface area contributed by atoms with Crippen LogP contribution in [0.5, 0.6) is 0 Å². The summed E-state index contributed by atoms with van der Waals surface area (Å²) in [5, 5.41) is 22.6. The van der Waals surface area contributed by atoms with Crippen molar-refractivity contribution in [1.82, 2.24) is 5.32 Å². The van der Waals surface area contributed by atoms with Crippen LogP contribution in [-0.2, 0) is 4.79 Å². The molecule has 0 spiro atoms. The second-order valence-corrected chi connectivity index (χ2v) is 4.26. The molecule has 0 saturated carbocycles. The molecule has 0 fully saturated rings. The van der Waals surface area contributed by atoms with Gasteiger partial charge in [0.05, 0.1) is 11.6 Å². The number of nitrogens with zero attached hydrogens (tertiary/aromatic N) is 1. The van der Waals surface area contributed by atoms with Gasteiger partial charge in [-0.05, 0) is 37.6 Å². The monoisotopic (exact) mass is 261 g/mol. The molecule has 100 valence electrons. The maximum Gasteiger partial charge on any atom is 0.329 e. The van der Waals surface area contributed by atoms with Crippen molar-refractivity contribution in [2.75, 3.05) is 5.32 Å². The second-order valence-electron chi connectivity index (χ2n) is 4.26. The first-order chi connectivity index (χ1) is 8.91. The quantitative estimate of drug-likeness (QED) is 0.770. The molecule has 3 N–H and O–H groups in total. The average Bonchev–Trinajstić information content (AvgIpc) is 2.39. The Morgan fingerprint density at radius 2 is 1.95 bits per heavy atom. The van der Waals surface area contributed by atoms with Crippen molar-refractivity contribution < 1.29 is 14.7 Å². The molecule has 1 unspecified atom stereocenters. The zero-order valence-electron chi connectivity index (χ0n) is 10.7. The number of carboxylic acid groups (broad SMARTS) is 1. The van der Waals surface area contributed by atoms with E-state index in [4.69, 9.17) is 10.4 Å². The number of nitrogens with one attached hydrogen (secondary N) is 2. The minimum Gasteiger partial charge on any atom is -0.480 e. The lowest BCUT2D eigenvalue weighted by molar-refractivity contribution is -0.143. The van der Waals surface area contributed by atoms with E-state index >= 15 is 0 Å². The zero-order chi connectivity index (χ0) is 14.5. The first kappa shape index (κ1) is 14.5. The lowest BCUT2D eigenvalue weighted by atomic mass is 10.00. The van der Waals surface area contributed by atoms with E-state index in [0.29, 0.717) is 11.3 Å². The Kier molecular flexibility index (Phi) is 4.48. The lowest BCUT2D eigenvalue weighted by Crippen LogP contribution is -2.53. The number of anilines is 1. The van der Waals surface area contributed by atoms with Gasteiger partial charge in [-0.15, -0.1) is 0 Å². The third kappa shape index (κ3) is 3.71. The van der Waals surface area contributed by atoms with Crippen LogP contribution in [0.2, 0.25) is 0 Å². The van der Waals surface area contributed by atoms with Gasteiger partial charge in [-0.1, -0.05) is 6.92 Å². The number of carboxylic acids is 1. The summed E-state index contributed by atoms with van der Waals surface area (Å²) in [6, 6.07) is 7.63. The Morgan fingerprint density at radius 1 is 1.37 bits per heavy atom. The Balaban J connectivity index is 2.69. The highest BCUT2D eigenvalue weighted by atomic mass is 16.4. The van der Waals surface area contributed by atoms with Crippen molar-refractivity contribution in [3.63, 3.8) is 0 Å². The van der Waals surface area contributed by atoms with Crippen molar-refractivity contribution in [3.05, 3.63) is 29.8 Å². The first-order valence-corrected chi connectivity index (χ1v) is 5.74.